The van der Waals surface area contributed by atoms with Gasteiger partial charge in [0.1, 0.15) is 12.4 Å². The van der Waals surface area contributed by atoms with Gasteiger partial charge in [-0.15, -0.1) is 11.6 Å². The third-order valence-electron chi connectivity index (χ3n) is 2.84. The molecule has 0 aliphatic heterocycles. The minimum atomic E-state index is 0.398. The molecule has 96 valence electrons. The molecular weight excluding hydrogens is 258 g/mol. The second-order valence-electron chi connectivity index (χ2n) is 4.17. The number of benzene rings is 2. The third kappa shape index (κ3) is 3.74. The van der Waals surface area contributed by atoms with Crippen LogP contribution in [0, 0.1) is 11.3 Å². The van der Waals surface area contributed by atoms with Crippen molar-refractivity contribution in [3.8, 4) is 11.8 Å². The first-order chi connectivity index (χ1) is 9.33. The van der Waals surface area contributed by atoms with Gasteiger partial charge in [0.15, 0.2) is 0 Å². The Bertz CT molecular complexity index is 589. The molecule has 0 unspecified atom stereocenters. The summed E-state index contributed by atoms with van der Waals surface area (Å²) in [5.41, 5.74) is 3.13. The van der Waals surface area contributed by atoms with E-state index in [-0.39, 0.29) is 0 Å². The van der Waals surface area contributed by atoms with Crippen LogP contribution in [0.25, 0.3) is 0 Å². The molecule has 19 heavy (non-hydrogen) atoms. The van der Waals surface area contributed by atoms with Crippen LogP contribution in [0.1, 0.15) is 16.7 Å². The third-order valence-corrected chi connectivity index (χ3v) is 3.13. The van der Waals surface area contributed by atoms with Crippen LogP contribution < -0.4 is 4.74 Å². The summed E-state index contributed by atoms with van der Waals surface area (Å²) in [6.07, 6.45) is 0.398. The van der Waals surface area contributed by atoms with E-state index in [9.17, 15) is 0 Å². The summed E-state index contributed by atoms with van der Waals surface area (Å²) >= 11 is 5.89. The molecule has 2 nitrogen and oxygen atoms in total. The summed E-state index contributed by atoms with van der Waals surface area (Å²) in [6.45, 7) is 0.485. The van der Waals surface area contributed by atoms with Gasteiger partial charge < -0.3 is 4.74 Å². The average molecular weight is 272 g/mol. The summed E-state index contributed by atoms with van der Waals surface area (Å²) < 4.78 is 5.75. The van der Waals surface area contributed by atoms with Crippen molar-refractivity contribution in [2.24, 2.45) is 0 Å². The normalized spacial score (nSPS) is 9.89. The molecule has 0 aliphatic carbocycles. The molecule has 2 aromatic rings. The van der Waals surface area contributed by atoms with E-state index in [0.717, 1.165) is 22.4 Å². The van der Waals surface area contributed by atoms with E-state index in [1.807, 2.05) is 48.5 Å². The van der Waals surface area contributed by atoms with Crippen molar-refractivity contribution < 1.29 is 4.74 Å². The maximum absolute atomic E-state index is 8.68. The molecule has 0 saturated carbocycles. The molecule has 0 bridgehead atoms. The zero-order valence-corrected chi connectivity index (χ0v) is 11.2. The monoisotopic (exact) mass is 271 g/mol. The van der Waals surface area contributed by atoms with Gasteiger partial charge in [-0.05, 0) is 28.8 Å². The number of nitrogens with zero attached hydrogens (tertiary/aromatic N) is 1. The molecule has 0 spiro atoms. The maximum atomic E-state index is 8.68. The van der Waals surface area contributed by atoms with Gasteiger partial charge in [0.2, 0.25) is 0 Å². The lowest BCUT2D eigenvalue weighted by Gasteiger charge is -2.10. The van der Waals surface area contributed by atoms with Crippen LogP contribution in [-0.2, 0) is 18.9 Å². The van der Waals surface area contributed by atoms with E-state index >= 15 is 0 Å². The molecule has 0 atom stereocenters. The standard InChI is InChI=1S/C16H14ClNO/c17-11-14-5-1-2-6-15(14)12-19-16-7-3-4-13(10-16)8-9-18/h1-7,10H,8,11-12H2. The van der Waals surface area contributed by atoms with Crippen LogP contribution in [0.3, 0.4) is 0 Å². The highest BCUT2D eigenvalue weighted by molar-refractivity contribution is 6.17. The van der Waals surface area contributed by atoms with Crippen LogP contribution >= 0.6 is 11.6 Å². The highest BCUT2D eigenvalue weighted by atomic mass is 35.5. The molecule has 2 aromatic carbocycles. The van der Waals surface area contributed by atoms with Crippen molar-refractivity contribution in [2.45, 2.75) is 18.9 Å². The van der Waals surface area contributed by atoms with E-state index in [2.05, 4.69) is 6.07 Å². The van der Waals surface area contributed by atoms with Crippen molar-refractivity contribution in [3.05, 3.63) is 65.2 Å². The fraction of sp³-hybridized carbons (Fsp3) is 0.188. The van der Waals surface area contributed by atoms with Gasteiger partial charge in [-0.3, -0.25) is 0 Å². The Labute approximate surface area is 118 Å². The maximum Gasteiger partial charge on any atom is 0.120 e. The van der Waals surface area contributed by atoms with Crippen molar-refractivity contribution in [3.63, 3.8) is 0 Å². The summed E-state index contributed by atoms with van der Waals surface area (Å²) in [5, 5.41) is 8.68. The first-order valence-electron chi connectivity index (χ1n) is 6.05. The molecule has 0 radical (unpaired) electrons. The van der Waals surface area contributed by atoms with Gasteiger partial charge in [-0.25, -0.2) is 0 Å². The number of nitriles is 1. The van der Waals surface area contributed by atoms with E-state index in [1.54, 1.807) is 0 Å². The number of halogens is 1. The Morgan fingerprint density at radius 1 is 1.05 bits per heavy atom. The van der Waals surface area contributed by atoms with Gasteiger partial charge in [-0.1, -0.05) is 36.4 Å². The van der Waals surface area contributed by atoms with Gasteiger partial charge in [-0.2, -0.15) is 5.26 Å². The SMILES string of the molecule is N#CCc1cccc(OCc2ccccc2CCl)c1. The number of rotatable bonds is 5. The van der Waals surface area contributed by atoms with Crippen LogP contribution in [0.15, 0.2) is 48.5 Å². The summed E-state index contributed by atoms with van der Waals surface area (Å²) in [6, 6.07) is 17.7. The number of hydrogen-bond acceptors (Lipinski definition) is 2. The largest absolute Gasteiger partial charge is 0.489 e. The quantitative estimate of drug-likeness (QED) is 0.768. The zero-order chi connectivity index (χ0) is 13.5. The Morgan fingerprint density at radius 2 is 1.84 bits per heavy atom. The Morgan fingerprint density at radius 3 is 2.58 bits per heavy atom. The first kappa shape index (κ1) is 13.5. The average Bonchev–Trinajstić information content (AvgIpc) is 2.46. The van der Waals surface area contributed by atoms with Crippen LogP contribution in [-0.4, -0.2) is 0 Å². The molecule has 0 saturated heterocycles. The molecule has 0 heterocycles. The fourth-order valence-corrected chi connectivity index (χ4v) is 2.09. The minimum Gasteiger partial charge on any atom is -0.489 e. The minimum absolute atomic E-state index is 0.398. The lowest BCUT2D eigenvalue weighted by atomic mass is 10.1. The lowest BCUT2D eigenvalue weighted by molar-refractivity contribution is 0.305. The fourth-order valence-electron chi connectivity index (χ4n) is 1.83. The van der Waals surface area contributed by atoms with Gasteiger partial charge in [0.05, 0.1) is 12.5 Å². The smallest absolute Gasteiger partial charge is 0.120 e. The Kier molecular flexibility index (Phi) is 4.83. The molecular formula is C16H14ClNO. The number of ether oxygens (including phenoxy) is 1. The lowest BCUT2D eigenvalue weighted by Crippen LogP contribution is -1.99. The van der Waals surface area contributed by atoms with Crippen molar-refractivity contribution in [1.82, 2.24) is 0 Å². The van der Waals surface area contributed by atoms with Crippen molar-refractivity contribution in [2.75, 3.05) is 0 Å². The summed E-state index contributed by atoms with van der Waals surface area (Å²) in [4.78, 5) is 0. The van der Waals surface area contributed by atoms with E-state index in [0.29, 0.717) is 18.9 Å². The van der Waals surface area contributed by atoms with Gasteiger partial charge in [0, 0.05) is 5.88 Å². The summed E-state index contributed by atoms with van der Waals surface area (Å²) in [5.74, 6) is 1.26. The van der Waals surface area contributed by atoms with Gasteiger partial charge in [0.25, 0.3) is 0 Å². The predicted molar refractivity (Wildman–Crippen MR) is 76.1 cm³/mol. The Balaban J connectivity index is 2.06. The van der Waals surface area contributed by atoms with Crippen molar-refractivity contribution in [1.29, 1.82) is 5.26 Å². The summed E-state index contributed by atoms with van der Waals surface area (Å²) in [7, 11) is 0. The highest BCUT2D eigenvalue weighted by Crippen LogP contribution is 2.18. The second-order valence-corrected chi connectivity index (χ2v) is 4.44. The van der Waals surface area contributed by atoms with Crippen LogP contribution in [0.5, 0.6) is 5.75 Å². The zero-order valence-electron chi connectivity index (χ0n) is 10.5. The predicted octanol–water partition coefficient (Wildman–Crippen LogP) is 4.07. The first-order valence-corrected chi connectivity index (χ1v) is 6.58. The topological polar surface area (TPSA) is 33.0 Å². The van der Waals surface area contributed by atoms with E-state index < -0.39 is 0 Å². The molecule has 0 aromatic heterocycles. The molecule has 0 aliphatic rings. The van der Waals surface area contributed by atoms with Crippen LogP contribution in [0.2, 0.25) is 0 Å². The Hall–Kier alpha value is -1.98. The molecule has 0 fully saturated rings. The molecule has 3 heteroatoms. The highest BCUT2D eigenvalue weighted by Gasteiger charge is 2.02. The molecule has 0 N–H and O–H groups in total. The second kappa shape index (κ2) is 6.82. The van der Waals surface area contributed by atoms with E-state index in [1.165, 1.54) is 0 Å². The molecule has 0 amide bonds. The van der Waals surface area contributed by atoms with Crippen LogP contribution in [0.4, 0.5) is 0 Å². The number of alkyl halides is 1. The number of hydrogen-bond donors (Lipinski definition) is 0. The van der Waals surface area contributed by atoms with E-state index in [4.69, 9.17) is 21.6 Å². The van der Waals surface area contributed by atoms with Gasteiger partial charge >= 0.3 is 0 Å². The van der Waals surface area contributed by atoms with Crippen molar-refractivity contribution >= 4 is 11.6 Å². The molecule has 2 rings (SSSR count).